The maximum atomic E-state index is 11.6. The molecule has 0 bridgehead atoms. The molecule has 56 valence electrons. The van der Waals surface area contributed by atoms with Gasteiger partial charge in [0.1, 0.15) is 6.54 Å². The number of aromatic nitrogens is 2. The summed E-state index contributed by atoms with van der Waals surface area (Å²) >= 11 is 0. The molecule has 0 amide bonds. The molecular formula is C5H5F3N2. The van der Waals surface area contributed by atoms with Crippen LogP contribution in [0, 0.1) is 0 Å². The molecular weight excluding hydrogens is 145 g/mol. The predicted molar refractivity (Wildman–Crippen MR) is 28.3 cm³/mol. The molecule has 1 aromatic rings. The Kier molecular flexibility index (Phi) is 1.65. The van der Waals surface area contributed by atoms with E-state index in [1.54, 1.807) is 0 Å². The van der Waals surface area contributed by atoms with E-state index in [1.807, 2.05) is 0 Å². The Morgan fingerprint density at radius 2 is 2.10 bits per heavy atom. The van der Waals surface area contributed by atoms with Crippen LogP contribution in [-0.2, 0) is 6.54 Å². The Bertz CT molecular complexity index is 189. The average molecular weight is 150 g/mol. The lowest BCUT2D eigenvalue weighted by molar-refractivity contribution is -0.140. The van der Waals surface area contributed by atoms with E-state index < -0.39 is 12.7 Å². The van der Waals surface area contributed by atoms with Crippen molar-refractivity contribution in [3.63, 3.8) is 0 Å². The molecule has 0 radical (unpaired) electrons. The molecule has 1 aromatic heterocycles. The molecule has 0 saturated carbocycles. The van der Waals surface area contributed by atoms with Crippen LogP contribution in [0.4, 0.5) is 13.2 Å². The molecule has 0 spiro atoms. The molecule has 0 aliphatic carbocycles. The number of alkyl halides is 3. The number of imidazole rings is 1. The fourth-order valence-corrected chi connectivity index (χ4v) is 0.587. The molecule has 0 saturated heterocycles. The van der Waals surface area contributed by atoms with E-state index >= 15 is 0 Å². The molecule has 0 aliphatic rings. The van der Waals surface area contributed by atoms with E-state index in [1.165, 1.54) is 12.4 Å². The largest absolute Gasteiger partial charge is 0.406 e. The lowest BCUT2D eigenvalue weighted by Crippen LogP contribution is -2.16. The summed E-state index contributed by atoms with van der Waals surface area (Å²) in [4.78, 5) is 3.47. The van der Waals surface area contributed by atoms with Crippen LogP contribution in [0.25, 0.3) is 0 Å². The average Bonchev–Trinajstić information content (AvgIpc) is 2.12. The fraction of sp³-hybridized carbons (Fsp3) is 0.400. The Labute approximate surface area is 55.3 Å². The minimum Gasteiger partial charge on any atom is -0.328 e. The van der Waals surface area contributed by atoms with Crippen molar-refractivity contribution in [2.24, 2.45) is 0 Å². The van der Waals surface area contributed by atoms with Crippen molar-refractivity contribution in [1.29, 1.82) is 0 Å². The zero-order valence-corrected chi connectivity index (χ0v) is 4.97. The van der Waals surface area contributed by atoms with Crippen molar-refractivity contribution in [3.8, 4) is 0 Å². The second-order valence-corrected chi connectivity index (χ2v) is 1.85. The van der Waals surface area contributed by atoms with Crippen molar-refractivity contribution in [1.82, 2.24) is 9.55 Å². The Balaban J connectivity index is 2.57. The number of halogens is 3. The van der Waals surface area contributed by atoms with Crippen molar-refractivity contribution < 1.29 is 13.2 Å². The van der Waals surface area contributed by atoms with Gasteiger partial charge in [-0.15, -0.1) is 0 Å². The van der Waals surface area contributed by atoms with Gasteiger partial charge in [0.15, 0.2) is 0 Å². The smallest absolute Gasteiger partial charge is 0.328 e. The summed E-state index contributed by atoms with van der Waals surface area (Å²) in [6, 6.07) is 0. The lowest BCUT2D eigenvalue weighted by Gasteiger charge is -2.05. The van der Waals surface area contributed by atoms with Crippen molar-refractivity contribution >= 4 is 0 Å². The van der Waals surface area contributed by atoms with E-state index in [2.05, 4.69) is 4.98 Å². The SMILES string of the molecule is FC(F)(F)Cn1ccnc1. The first kappa shape index (κ1) is 7.11. The third-order valence-electron chi connectivity index (χ3n) is 0.921. The van der Waals surface area contributed by atoms with Crippen molar-refractivity contribution in [2.45, 2.75) is 12.7 Å². The van der Waals surface area contributed by atoms with Gasteiger partial charge in [-0.1, -0.05) is 0 Å². The first-order chi connectivity index (χ1) is 4.58. The van der Waals surface area contributed by atoms with E-state index in [9.17, 15) is 13.2 Å². The first-order valence-corrected chi connectivity index (χ1v) is 2.60. The summed E-state index contributed by atoms with van der Waals surface area (Å²) in [6.45, 7) is -0.965. The van der Waals surface area contributed by atoms with Gasteiger partial charge in [-0.25, -0.2) is 4.98 Å². The van der Waals surface area contributed by atoms with Crippen LogP contribution in [0.5, 0.6) is 0 Å². The number of hydrogen-bond donors (Lipinski definition) is 0. The maximum Gasteiger partial charge on any atom is 0.406 e. The van der Waals surface area contributed by atoms with Gasteiger partial charge in [-0.05, 0) is 0 Å². The fourth-order valence-electron chi connectivity index (χ4n) is 0.587. The summed E-state index contributed by atoms with van der Waals surface area (Å²) in [5.74, 6) is 0. The van der Waals surface area contributed by atoms with Crippen LogP contribution < -0.4 is 0 Å². The maximum absolute atomic E-state index is 11.6. The third-order valence-corrected chi connectivity index (χ3v) is 0.921. The van der Waals surface area contributed by atoms with Crippen LogP contribution >= 0.6 is 0 Å². The minimum absolute atomic E-state index is 0.965. The number of nitrogens with zero attached hydrogens (tertiary/aromatic N) is 2. The summed E-state index contributed by atoms with van der Waals surface area (Å²) in [6.07, 6.45) is -0.437. The lowest BCUT2D eigenvalue weighted by atomic mass is 10.6. The normalized spacial score (nSPS) is 11.9. The highest BCUT2D eigenvalue weighted by Crippen LogP contribution is 2.16. The summed E-state index contributed by atoms with van der Waals surface area (Å²) < 4.78 is 35.7. The summed E-state index contributed by atoms with van der Waals surface area (Å²) in [5.41, 5.74) is 0. The van der Waals surface area contributed by atoms with Crippen molar-refractivity contribution in [3.05, 3.63) is 18.7 Å². The van der Waals surface area contributed by atoms with Crippen LogP contribution in [0.3, 0.4) is 0 Å². The monoisotopic (exact) mass is 150 g/mol. The summed E-state index contributed by atoms with van der Waals surface area (Å²) in [7, 11) is 0. The number of rotatable bonds is 1. The van der Waals surface area contributed by atoms with Gasteiger partial charge in [-0.3, -0.25) is 0 Å². The molecule has 1 heterocycles. The Morgan fingerprint density at radius 3 is 2.50 bits per heavy atom. The number of hydrogen-bond acceptors (Lipinski definition) is 1. The molecule has 0 aromatic carbocycles. The third kappa shape index (κ3) is 2.08. The van der Waals surface area contributed by atoms with Crippen LogP contribution in [0.15, 0.2) is 18.7 Å². The predicted octanol–water partition coefficient (Wildman–Crippen LogP) is 1.45. The Hall–Kier alpha value is -1.00. The van der Waals surface area contributed by atoms with Gasteiger partial charge < -0.3 is 4.57 Å². The first-order valence-electron chi connectivity index (χ1n) is 2.60. The standard InChI is InChI=1S/C5H5F3N2/c6-5(7,8)3-10-2-1-9-4-10/h1-2,4H,3H2. The summed E-state index contributed by atoms with van der Waals surface area (Å²) in [5, 5.41) is 0. The van der Waals surface area contributed by atoms with Gasteiger partial charge >= 0.3 is 6.18 Å². The van der Waals surface area contributed by atoms with Gasteiger partial charge in [-0.2, -0.15) is 13.2 Å². The van der Waals surface area contributed by atoms with Gasteiger partial charge in [0.05, 0.1) is 6.33 Å². The van der Waals surface area contributed by atoms with Gasteiger partial charge in [0.25, 0.3) is 0 Å². The highest BCUT2D eigenvalue weighted by atomic mass is 19.4. The van der Waals surface area contributed by atoms with Gasteiger partial charge in [0.2, 0.25) is 0 Å². The highest BCUT2D eigenvalue weighted by Gasteiger charge is 2.27. The van der Waals surface area contributed by atoms with E-state index in [-0.39, 0.29) is 0 Å². The van der Waals surface area contributed by atoms with Crippen LogP contribution in [-0.4, -0.2) is 15.7 Å². The van der Waals surface area contributed by atoms with Crippen molar-refractivity contribution in [2.75, 3.05) is 0 Å². The second kappa shape index (κ2) is 2.32. The molecule has 10 heavy (non-hydrogen) atoms. The zero-order chi connectivity index (χ0) is 7.61. The highest BCUT2D eigenvalue weighted by molar-refractivity contribution is 4.75. The molecule has 0 fully saturated rings. The minimum atomic E-state index is -4.15. The molecule has 0 aliphatic heterocycles. The molecule has 1 rings (SSSR count). The molecule has 0 N–H and O–H groups in total. The quantitative estimate of drug-likeness (QED) is 0.592. The van der Waals surface area contributed by atoms with E-state index in [0.29, 0.717) is 0 Å². The zero-order valence-electron chi connectivity index (χ0n) is 4.97. The molecule has 2 nitrogen and oxygen atoms in total. The van der Waals surface area contributed by atoms with Crippen LogP contribution in [0.1, 0.15) is 0 Å². The molecule has 0 unspecified atom stereocenters. The second-order valence-electron chi connectivity index (χ2n) is 1.85. The van der Waals surface area contributed by atoms with E-state index in [0.717, 1.165) is 10.9 Å². The Morgan fingerprint density at radius 1 is 1.40 bits per heavy atom. The van der Waals surface area contributed by atoms with E-state index in [4.69, 9.17) is 0 Å². The van der Waals surface area contributed by atoms with Gasteiger partial charge in [0, 0.05) is 12.4 Å². The topological polar surface area (TPSA) is 17.8 Å². The van der Waals surface area contributed by atoms with Crippen LogP contribution in [0.2, 0.25) is 0 Å². The molecule has 5 heteroatoms. The molecule has 0 atom stereocenters.